The molecule has 9 nitrogen and oxygen atoms in total. The highest BCUT2D eigenvalue weighted by atomic mass is 35.5. The molecule has 1 N–H and O–H groups in total. The lowest BCUT2D eigenvalue weighted by Crippen LogP contribution is -2.51. The van der Waals surface area contributed by atoms with E-state index in [1.807, 2.05) is 31.2 Å². The SMILES string of the molecule is Cc1ccc(CC(C(=O)OC(C)(C)C)N(CC(=O)Nc2cc(Cl)ccc2-n2cc(Cl)nn2)C(=O)CCl)cc1. The fraction of sp³-hybridized carbons (Fsp3) is 0.346. The first kappa shape index (κ1) is 29.4. The first-order valence-electron chi connectivity index (χ1n) is 11.7. The summed E-state index contributed by atoms with van der Waals surface area (Å²) >= 11 is 18.0. The summed E-state index contributed by atoms with van der Waals surface area (Å²) in [4.78, 5) is 40.6. The second kappa shape index (κ2) is 12.6. The Morgan fingerprint density at radius 3 is 2.37 bits per heavy atom. The van der Waals surface area contributed by atoms with Gasteiger partial charge in [0.2, 0.25) is 11.8 Å². The lowest BCUT2D eigenvalue weighted by molar-refractivity contribution is -0.164. The Balaban J connectivity index is 1.91. The number of anilines is 1. The molecule has 2 aromatic carbocycles. The second-order valence-electron chi connectivity index (χ2n) is 9.59. The van der Waals surface area contributed by atoms with E-state index in [9.17, 15) is 14.4 Å². The second-order valence-corrected chi connectivity index (χ2v) is 10.7. The van der Waals surface area contributed by atoms with Crippen LogP contribution in [0.4, 0.5) is 5.69 Å². The Morgan fingerprint density at radius 1 is 1.11 bits per heavy atom. The number of ether oxygens (including phenoxy) is 1. The molecule has 38 heavy (non-hydrogen) atoms. The molecule has 202 valence electrons. The van der Waals surface area contributed by atoms with Gasteiger partial charge in [0.05, 0.1) is 17.6 Å². The van der Waals surface area contributed by atoms with E-state index in [2.05, 4.69) is 15.6 Å². The Kier molecular flexibility index (Phi) is 9.76. The minimum absolute atomic E-state index is 0.130. The highest BCUT2D eigenvalue weighted by molar-refractivity contribution is 6.31. The number of esters is 1. The molecule has 0 aliphatic heterocycles. The van der Waals surface area contributed by atoms with Crippen molar-refractivity contribution in [3.8, 4) is 5.69 Å². The van der Waals surface area contributed by atoms with Crippen molar-refractivity contribution in [1.29, 1.82) is 0 Å². The average molecular weight is 581 g/mol. The van der Waals surface area contributed by atoms with Crippen LogP contribution in [0.5, 0.6) is 0 Å². The van der Waals surface area contributed by atoms with E-state index < -0.39 is 41.9 Å². The zero-order chi connectivity index (χ0) is 28.0. The number of carbonyl (C=O) groups excluding carboxylic acids is 3. The molecule has 0 radical (unpaired) electrons. The van der Waals surface area contributed by atoms with Gasteiger partial charge < -0.3 is 15.0 Å². The summed E-state index contributed by atoms with van der Waals surface area (Å²) in [6.45, 7) is 6.66. The molecule has 1 atom stereocenters. The number of aromatic nitrogens is 3. The number of carbonyl (C=O) groups is 3. The maximum absolute atomic E-state index is 13.3. The van der Waals surface area contributed by atoms with Crippen LogP contribution in [-0.4, -0.2) is 61.7 Å². The van der Waals surface area contributed by atoms with Crippen LogP contribution in [0.15, 0.2) is 48.7 Å². The third kappa shape index (κ3) is 8.18. The van der Waals surface area contributed by atoms with Gasteiger partial charge in [-0.3, -0.25) is 9.59 Å². The highest BCUT2D eigenvalue weighted by Gasteiger charge is 2.34. The Labute approximate surface area is 236 Å². The largest absolute Gasteiger partial charge is 0.458 e. The van der Waals surface area contributed by atoms with Gasteiger partial charge in [-0.15, -0.1) is 16.7 Å². The predicted molar refractivity (Wildman–Crippen MR) is 147 cm³/mol. The molecule has 12 heteroatoms. The van der Waals surface area contributed by atoms with Crippen LogP contribution in [-0.2, 0) is 25.5 Å². The quantitative estimate of drug-likeness (QED) is 0.287. The molecule has 0 bridgehead atoms. The zero-order valence-corrected chi connectivity index (χ0v) is 23.6. The van der Waals surface area contributed by atoms with E-state index in [0.717, 1.165) is 16.0 Å². The summed E-state index contributed by atoms with van der Waals surface area (Å²) in [6.07, 6.45) is 1.59. The van der Waals surface area contributed by atoms with Crippen molar-refractivity contribution < 1.29 is 19.1 Å². The maximum atomic E-state index is 13.3. The van der Waals surface area contributed by atoms with Crippen molar-refractivity contribution in [2.24, 2.45) is 0 Å². The van der Waals surface area contributed by atoms with Crippen molar-refractivity contribution in [3.63, 3.8) is 0 Å². The van der Waals surface area contributed by atoms with Crippen LogP contribution in [0.3, 0.4) is 0 Å². The van der Waals surface area contributed by atoms with E-state index in [4.69, 9.17) is 39.5 Å². The number of alkyl halides is 1. The molecule has 2 amide bonds. The molecule has 1 heterocycles. The normalized spacial score (nSPS) is 12.1. The summed E-state index contributed by atoms with van der Waals surface area (Å²) in [6, 6.07) is 11.2. The fourth-order valence-corrected chi connectivity index (χ4v) is 4.05. The smallest absolute Gasteiger partial charge is 0.329 e. The van der Waals surface area contributed by atoms with Crippen molar-refractivity contribution in [2.45, 2.75) is 45.8 Å². The van der Waals surface area contributed by atoms with E-state index in [-0.39, 0.29) is 11.6 Å². The Morgan fingerprint density at radius 2 is 1.79 bits per heavy atom. The first-order chi connectivity index (χ1) is 17.9. The van der Waals surface area contributed by atoms with Gasteiger partial charge in [0, 0.05) is 11.4 Å². The van der Waals surface area contributed by atoms with E-state index >= 15 is 0 Å². The Hall–Kier alpha value is -3.14. The fourth-order valence-electron chi connectivity index (χ4n) is 3.60. The molecular weight excluding hydrogens is 553 g/mol. The summed E-state index contributed by atoms with van der Waals surface area (Å²) in [5.41, 5.74) is 1.77. The highest BCUT2D eigenvalue weighted by Crippen LogP contribution is 2.25. The summed E-state index contributed by atoms with van der Waals surface area (Å²) in [7, 11) is 0. The number of amides is 2. The number of nitrogens with zero attached hydrogens (tertiary/aromatic N) is 4. The number of aryl methyl sites for hydroxylation is 1. The van der Waals surface area contributed by atoms with E-state index in [0.29, 0.717) is 16.4 Å². The molecule has 3 rings (SSSR count). The summed E-state index contributed by atoms with van der Waals surface area (Å²) in [5, 5.41) is 10.9. The van der Waals surface area contributed by atoms with Gasteiger partial charge in [-0.05, 0) is 51.5 Å². The van der Waals surface area contributed by atoms with Gasteiger partial charge >= 0.3 is 5.97 Å². The van der Waals surface area contributed by atoms with E-state index in [1.54, 1.807) is 32.9 Å². The van der Waals surface area contributed by atoms with Crippen LogP contribution in [0.25, 0.3) is 5.69 Å². The van der Waals surface area contributed by atoms with Gasteiger partial charge in [-0.25, -0.2) is 9.48 Å². The number of rotatable bonds is 9. The first-order valence-corrected chi connectivity index (χ1v) is 13.0. The van der Waals surface area contributed by atoms with Crippen molar-refractivity contribution in [2.75, 3.05) is 17.7 Å². The van der Waals surface area contributed by atoms with Crippen LogP contribution in [0.2, 0.25) is 10.2 Å². The number of benzene rings is 2. The lowest BCUT2D eigenvalue weighted by Gasteiger charge is -2.32. The lowest BCUT2D eigenvalue weighted by atomic mass is 10.0. The van der Waals surface area contributed by atoms with Crippen LogP contribution in [0.1, 0.15) is 31.9 Å². The minimum atomic E-state index is -1.10. The molecule has 0 aliphatic rings. The van der Waals surface area contributed by atoms with Crippen molar-refractivity contribution in [3.05, 3.63) is 70.0 Å². The maximum Gasteiger partial charge on any atom is 0.329 e. The number of halogens is 3. The van der Waals surface area contributed by atoms with Crippen LogP contribution >= 0.6 is 34.8 Å². The minimum Gasteiger partial charge on any atom is -0.458 e. The number of hydrogen-bond acceptors (Lipinski definition) is 6. The molecule has 1 aromatic heterocycles. The van der Waals surface area contributed by atoms with Crippen molar-refractivity contribution in [1.82, 2.24) is 19.9 Å². The molecule has 0 aliphatic carbocycles. The van der Waals surface area contributed by atoms with Gasteiger partial charge in [-0.2, -0.15) is 0 Å². The van der Waals surface area contributed by atoms with Gasteiger partial charge in [0.15, 0.2) is 5.15 Å². The van der Waals surface area contributed by atoms with Crippen LogP contribution in [0, 0.1) is 6.92 Å². The number of hydrogen-bond donors (Lipinski definition) is 1. The summed E-state index contributed by atoms with van der Waals surface area (Å²) < 4.78 is 6.98. The van der Waals surface area contributed by atoms with Gasteiger partial charge in [0.1, 0.15) is 24.1 Å². The number of nitrogens with one attached hydrogen (secondary N) is 1. The topological polar surface area (TPSA) is 106 Å². The summed E-state index contributed by atoms with van der Waals surface area (Å²) in [5.74, 6) is -2.26. The van der Waals surface area contributed by atoms with Crippen LogP contribution < -0.4 is 5.32 Å². The molecule has 1 unspecified atom stereocenters. The third-order valence-electron chi connectivity index (χ3n) is 5.30. The Bertz CT molecular complexity index is 1300. The molecule has 3 aromatic rings. The monoisotopic (exact) mass is 579 g/mol. The third-order valence-corrected chi connectivity index (χ3v) is 5.94. The zero-order valence-electron chi connectivity index (χ0n) is 21.4. The average Bonchev–Trinajstić information content (AvgIpc) is 3.26. The van der Waals surface area contributed by atoms with Gasteiger partial charge in [0.25, 0.3) is 0 Å². The van der Waals surface area contributed by atoms with Crippen molar-refractivity contribution >= 4 is 58.3 Å². The molecular formula is C26H28Cl3N5O4. The molecule has 0 saturated carbocycles. The molecule has 0 fully saturated rings. The molecule has 0 spiro atoms. The standard InChI is InChI=1S/C26H28Cl3N5O4/c1-16-5-7-17(8-6-16)11-21(25(37)38-26(2,3)4)33(24(36)13-27)15-23(35)30-19-12-18(28)9-10-20(19)34-14-22(29)31-32-34/h5-10,12,14,21H,11,13,15H2,1-4H3,(H,30,35). The van der Waals surface area contributed by atoms with E-state index in [1.165, 1.54) is 16.9 Å². The predicted octanol–water partition coefficient (Wildman–Crippen LogP) is 4.84. The van der Waals surface area contributed by atoms with Gasteiger partial charge in [-0.1, -0.05) is 58.2 Å². The molecule has 0 saturated heterocycles.